The lowest BCUT2D eigenvalue weighted by Gasteiger charge is -2.33. The van der Waals surface area contributed by atoms with E-state index in [-0.39, 0.29) is 24.1 Å². The van der Waals surface area contributed by atoms with E-state index in [4.69, 9.17) is 0 Å². The zero-order valence-electron chi connectivity index (χ0n) is 15.8. The number of aliphatic carboxylic acids is 1. The SMILES string of the molecule is O=C(NC1CCCN(c2cccnn2)C1)C1=NN(c2ccccc2)C(C(=O)O)C1. The van der Waals surface area contributed by atoms with Crippen molar-refractivity contribution >= 4 is 29.1 Å². The number of anilines is 2. The number of hydrogen-bond donors (Lipinski definition) is 2. The van der Waals surface area contributed by atoms with Gasteiger partial charge in [-0.3, -0.25) is 9.80 Å². The lowest BCUT2D eigenvalue weighted by atomic mass is 10.0. The molecule has 2 aliphatic rings. The third-order valence-electron chi connectivity index (χ3n) is 5.12. The fraction of sp³-hybridized carbons (Fsp3) is 0.350. The Hall–Kier alpha value is -3.49. The highest BCUT2D eigenvalue weighted by Crippen LogP contribution is 2.25. The number of benzene rings is 1. The number of para-hydroxylation sites is 1. The van der Waals surface area contributed by atoms with E-state index >= 15 is 0 Å². The van der Waals surface area contributed by atoms with Crippen molar-refractivity contribution in [1.82, 2.24) is 15.5 Å². The summed E-state index contributed by atoms with van der Waals surface area (Å²) in [5, 5.41) is 26.4. The molecule has 150 valence electrons. The Balaban J connectivity index is 1.44. The normalized spacial score (nSPS) is 21.6. The fourth-order valence-electron chi connectivity index (χ4n) is 3.69. The number of rotatable bonds is 5. The molecule has 1 amide bonds. The summed E-state index contributed by atoms with van der Waals surface area (Å²) in [5.74, 6) is -0.543. The second-order valence-electron chi connectivity index (χ2n) is 7.13. The summed E-state index contributed by atoms with van der Waals surface area (Å²) in [4.78, 5) is 26.6. The molecule has 4 rings (SSSR count). The van der Waals surface area contributed by atoms with Crippen LogP contribution in [0.3, 0.4) is 0 Å². The molecule has 0 bridgehead atoms. The zero-order valence-corrected chi connectivity index (χ0v) is 15.8. The van der Waals surface area contributed by atoms with Crippen molar-refractivity contribution in [2.75, 3.05) is 23.0 Å². The monoisotopic (exact) mass is 394 g/mol. The number of hydrogen-bond acceptors (Lipinski definition) is 7. The Morgan fingerprint density at radius 2 is 1.97 bits per heavy atom. The van der Waals surface area contributed by atoms with Gasteiger partial charge in [-0.25, -0.2) is 4.79 Å². The first-order valence-electron chi connectivity index (χ1n) is 9.60. The van der Waals surface area contributed by atoms with Crippen molar-refractivity contribution in [3.8, 4) is 0 Å². The number of nitrogens with zero attached hydrogens (tertiary/aromatic N) is 5. The number of carbonyl (C=O) groups excluding carboxylic acids is 1. The maximum absolute atomic E-state index is 12.8. The molecule has 1 aromatic heterocycles. The van der Waals surface area contributed by atoms with Crippen LogP contribution in [0.4, 0.5) is 11.5 Å². The molecule has 3 heterocycles. The molecule has 2 aromatic rings. The topological polar surface area (TPSA) is 111 Å². The minimum absolute atomic E-state index is 0.0602. The molecule has 29 heavy (non-hydrogen) atoms. The van der Waals surface area contributed by atoms with Gasteiger partial charge in [0.2, 0.25) is 0 Å². The van der Waals surface area contributed by atoms with Crippen molar-refractivity contribution < 1.29 is 14.7 Å². The van der Waals surface area contributed by atoms with Gasteiger partial charge in [0.1, 0.15) is 5.71 Å². The van der Waals surface area contributed by atoms with Gasteiger partial charge in [-0.1, -0.05) is 18.2 Å². The second-order valence-corrected chi connectivity index (χ2v) is 7.13. The van der Waals surface area contributed by atoms with Gasteiger partial charge in [-0.15, -0.1) is 5.10 Å². The van der Waals surface area contributed by atoms with Gasteiger partial charge in [0, 0.05) is 31.7 Å². The van der Waals surface area contributed by atoms with Crippen molar-refractivity contribution in [2.24, 2.45) is 5.10 Å². The number of hydrazone groups is 1. The summed E-state index contributed by atoms with van der Waals surface area (Å²) in [6.45, 7) is 1.48. The van der Waals surface area contributed by atoms with Gasteiger partial charge in [0.15, 0.2) is 11.9 Å². The summed E-state index contributed by atoms with van der Waals surface area (Å²) in [6, 6.07) is 11.8. The number of amides is 1. The lowest BCUT2D eigenvalue weighted by molar-refractivity contribution is -0.138. The molecule has 0 spiro atoms. The van der Waals surface area contributed by atoms with E-state index in [1.807, 2.05) is 30.3 Å². The van der Waals surface area contributed by atoms with Crippen LogP contribution >= 0.6 is 0 Å². The van der Waals surface area contributed by atoms with Crippen LogP contribution in [-0.4, -0.2) is 58.1 Å². The molecule has 9 nitrogen and oxygen atoms in total. The van der Waals surface area contributed by atoms with Crippen LogP contribution in [0.15, 0.2) is 53.8 Å². The average Bonchev–Trinajstić information content (AvgIpc) is 3.21. The van der Waals surface area contributed by atoms with Gasteiger partial charge in [0.05, 0.1) is 5.69 Å². The first kappa shape index (κ1) is 18.9. The lowest BCUT2D eigenvalue weighted by Crippen LogP contribution is -2.49. The Kier molecular flexibility index (Phi) is 5.37. The highest BCUT2D eigenvalue weighted by atomic mass is 16.4. The third-order valence-corrected chi connectivity index (χ3v) is 5.12. The number of piperidine rings is 1. The maximum Gasteiger partial charge on any atom is 0.328 e. The first-order valence-corrected chi connectivity index (χ1v) is 9.60. The molecule has 0 saturated carbocycles. The molecule has 1 aromatic carbocycles. The largest absolute Gasteiger partial charge is 0.480 e. The number of carbonyl (C=O) groups is 2. The zero-order chi connectivity index (χ0) is 20.2. The summed E-state index contributed by atoms with van der Waals surface area (Å²) < 4.78 is 0. The molecule has 9 heteroatoms. The van der Waals surface area contributed by atoms with E-state index in [2.05, 4.69) is 25.5 Å². The van der Waals surface area contributed by atoms with Crippen LogP contribution in [-0.2, 0) is 9.59 Å². The van der Waals surface area contributed by atoms with Crippen molar-refractivity contribution in [2.45, 2.75) is 31.3 Å². The highest BCUT2D eigenvalue weighted by Gasteiger charge is 2.37. The quantitative estimate of drug-likeness (QED) is 0.786. The predicted molar refractivity (Wildman–Crippen MR) is 108 cm³/mol. The van der Waals surface area contributed by atoms with Crippen molar-refractivity contribution in [3.63, 3.8) is 0 Å². The van der Waals surface area contributed by atoms with E-state index < -0.39 is 12.0 Å². The minimum Gasteiger partial charge on any atom is -0.480 e. The Morgan fingerprint density at radius 1 is 1.14 bits per heavy atom. The molecule has 0 aliphatic carbocycles. The Bertz CT molecular complexity index is 905. The highest BCUT2D eigenvalue weighted by molar-refractivity contribution is 6.40. The summed E-state index contributed by atoms with van der Waals surface area (Å²) in [5.41, 5.74) is 0.882. The fourth-order valence-corrected chi connectivity index (χ4v) is 3.69. The molecule has 1 fully saturated rings. The van der Waals surface area contributed by atoms with Crippen molar-refractivity contribution in [1.29, 1.82) is 0 Å². The molecule has 1 saturated heterocycles. The van der Waals surface area contributed by atoms with Crippen LogP contribution in [0.5, 0.6) is 0 Å². The summed E-state index contributed by atoms with van der Waals surface area (Å²) in [6.07, 6.45) is 3.46. The number of aromatic nitrogens is 2. The van der Waals surface area contributed by atoms with Gasteiger partial charge in [-0.05, 0) is 37.1 Å². The van der Waals surface area contributed by atoms with Crippen LogP contribution < -0.4 is 15.2 Å². The number of carboxylic acids is 1. The standard InChI is InChI=1S/C20H22N6O3/c27-19(22-14-6-5-11-25(13-14)18-9-4-10-21-23-18)16-12-17(20(28)29)26(24-16)15-7-2-1-3-8-15/h1-4,7-10,14,17H,5-6,11-13H2,(H,22,27)(H,28,29). The van der Waals surface area contributed by atoms with Gasteiger partial charge in [-0.2, -0.15) is 10.2 Å². The van der Waals surface area contributed by atoms with Gasteiger partial charge < -0.3 is 15.3 Å². The molecule has 2 aliphatic heterocycles. The molecule has 2 atom stereocenters. The Labute approximate surface area is 168 Å². The average molecular weight is 394 g/mol. The van der Waals surface area contributed by atoms with E-state index in [1.165, 1.54) is 5.01 Å². The minimum atomic E-state index is -1.01. The first-order chi connectivity index (χ1) is 14.1. The maximum atomic E-state index is 12.8. The van der Waals surface area contributed by atoms with E-state index in [1.54, 1.807) is 18.3 Å². The van der Waals surface area contributed by atoms with Crippen LogP contribution in [0, 0.1) is 0 Å². The molecule has 2 N–H and O–H groups in total. The molecular formula is C20H22N6O3. The van der Waals surface area contributed by atoms with E-state index in [0.717, 1.165) is 25.2 Å². The van der Waals surface area contributed by atoms with E-state index in [9.17, 15) is 14.7 Å². The Morgan fingerprint density at radius 3 is 2.69 bits per heavy atom. The van der Waals surface area contributed by atoms with Gasteiger partial charge >= 0.3 is 5.97 Å². The van der Waals surface area contributed by atoms with Gasteiger partial charge in [0.25, 0.3) is 5.91 Å². The number of carboxylic acid groups (broad SMARTS) is 1. The summed E-state index contributed by atoms with van der Waals surface area (Å²) in [7, 11) is 0. The van der Waals surface area contributed by atoms with Crippen LogP contribution in [0.1, 0.15) is 19.3 Å². The van der Waals surface area contributed by atoms with Crippen molar-refractivity contribution in [3.05, 3.63) is 48.7 Å². The van der Waals surface area contributed by atoms with Crippen LogP contribution in [0.2, 0.25) is 0 Å². The van der Waals surface area contributed by atoms with E-state index in [0.29, 0.717) is 12.2 Å². The molecule has 2 unspecified atom stereocenters. The number of nitrogens with one attached hydrogen (secondary N) is 1. The molecule has 0 radical (unpaired) electrons. The predicted octanol–water partition coefficient (Wildman–Crippen LogP) is 1.28. The smallest absolute Gasteiger partial charge is 0.328 e. The second kappa shape index (κ2) is 8.26. The third kappa shape index (κ3) is 4.18. The van der Waals surface area contributed by atoms with Crippen LogP contribution in [0.25, 0.3) is 0 Å². The molecular weight excluding hydrogens is 372 g/mol. The summed E-state index contributed by atoms with van der Waals surface area (Å²) >= 11 is 0.